The van der Waals surface area contributed by atoms with Crippen LogP contribution < -0.4 is 10.5 Å². The second-order valence-corrected chi connectivity index (χ2v) is 3.42. The molecule has 0 aliphatic rings. The second-order valence-electron chi connectivity index (χ2n) is 3.01. The van der Waals surface area contributed by atoms with Crippen molar-refractivity contribution in [2.75, 3.05) is 14.2 Å². The smallest absolute Gasteiger partial charge is 0.327 e. The lowest BCUT2D eigenvalue weighted by Gasteiger charge is -2.15. The third-order valence-corrected chi connectivity index (χ3v) is 2.42. The van der Waals surface area contributed by atoms with Gasteiger partial charge in [0.15, 0.2) is 0 Å². The van der Waals surface area contributed by atoms with Crippen molar-refractivity contribution in [3.63, 3.8) is 0 Å². The number of esters is 1. The zero-order chi connectivity index (χ0) is 12.3. The number of benzene rings is 1. The lowest BCUT2D eigenvalue weighted by molar-refractivity contribution is -0.142. The van der Waals surface area contributed by atoms with Crippen LogP contribution in [0.1, 0.15) is 11.6 Å². The van der Waals surface area contributed by atoms with Crippen LogP contribution in [0.2, 0.25) is 5.02 Å². The van der Waals surface area contributed by atoms with Gasteiger partial charge in [0.1, 0.15) is 17.5 Å². The number of rotatable bonds is 3. The maximum absolute atomic E-state index is 11.3. The third-order valence-electron chi connectivity index (χ3n) is 2.11. The SMILES string of the molecule is COC(=O)[C@@H](N)c1c(OC)ccc(Cl)c1O.Cl. The number of ether oxygens (including phenoxy) is 2. The number of hydrogen-bond acceptors (Lipinski definition) is 5. The molecule has 5 nitrogen and oxygen atoms in total. The number of hydrogen-bond donors (Lipinski definition) is 2. The van der Waals surface area contributed by atoms with Gasteiger partial charge >= 0.3 is 5.97 Å². The summed E-state index contributed by atoms with van der Waals surface area (Å²) in [6, 6.07) is 1.82. The summed E-state index contributed by atoms with van der Waals surface area (Å²) in [5.74, 6) is -0.686. The molecule has 7 heteroatoms. The Morgan fingerprint density at radius 3 is 2.53 bits per heavy atom. The van der Waals surface area contributed by atoms with Gasteiger partial charge < -0.3 is 20.3 Å². The first kappa shape index (κ1) is 15.8. The van der Waals surface area contributed by atoms with Crippen molar-refractivity contribution in [2.45, 2.75) is 6.04 Å². The van der Waals surface area contributed by atoms with Crippen LogP contribution in [0.15, 0.2) is 12.1 Å². The Kier molecular flexibility index (Phi) is 6.09. The summed E-state index contributed by atoms with van der Waals surface area (Å²) in [6.07, 6.45) is 0. The highest BCUT2D eigenvalue weighted by atomic mass is 35.5. The van der Waals surface area contributed by atoms with E-state index in [1.165, 1.54) is 26.4 Å². The molecular weight excluding hydrogens is 269 g/mol. The summed E-state index contributed by atoms with van der Waals surface area (Å²) in [5, 5.41) is 9.82. The Labute approximate surface area is 110 Å². The largest absolute Gasteiger partial charge is 0.506 e. The van der Waals surface area contributed by atoms with Crippen LogP contribution in [0.5, 0.6) is 11.5 Å². The molecular formula is C10H13Cl2NO4. The quantitative estimate of drug-likeness (QED) is 0.824. The van der Waals surface area contributed by atoms with E-state index in [0.29, 0.717) is 0 Å². The number of nitrogens with two attached hydrogens (primary N) is 1. The standard InChI is InChI=1S/C10H12ClNO4.ClH/c1-15-6-4-3-5(11)9(13)7(6)8(12)10(14)16-2;/h3-4,8,13H,12H2,1-2H3;1H/t8-;/m0./s1. The molecule has 0 spiro atoms. The number of aromatic hydroxyl groups is 1. The van der Waals surface area contributed by atoms with Crippen LogP contribution in [-0.4, -0.2) is 25.3 Å². The van der Waals surface area contributed by atoms with Crippen molar-refractivity contribution in [1.82, 2.24) is 0 Å². The molecule has 96 valence electrons. The number of halogens is 2. The number of carbonyl (C=O) groups is 1. The predicted molar refractivity (Wildman–Crippen MR) is 65.9 cm³/mol. The number of phenolic OH excluding ortho intramolecular Hbond substituents is 1. The lowest BCUT2D eigenvalue weighted by atomic mass is 10.1. The van der Waals surface area contributed by atoms with E-state index in [1.54, 1.807) is 0 Å². The molecule has 0 aromatic heterocycles. The van der Waals surface area contributed by atoms with E-state index < -0.39 is 12.0 Å². The normalized spacial score (nSPS) is 11.3. The molecule has 0 amide bonds. The van der Waals surface area contributed by atoms with Crippen LogP contribution in [0.4, 0.5) is 0 Å². The minimum absolute atomic E-state index is 0. The highest BCUT2D eigenvalue weighted by molar-refractivity contribution is 6.32. The molecule has 0 saturated carbocycles. The summed E-state index contributed by atoms with van der Waals surface area (Å²) < 4.78 is 9.48. The molecule has 0 aliphatic heterocycles. The van der Waals surface area contributed by atoms with E-state index in [2.05, 4.69) is 4.74 Å². The van der Waals surface area contributed by atoms with Crippen LogP contribution in [-0.2, 0) is 9.53 Å². The average Bonchev–Trinajstić information content (AvgIpc) is 2.30. The molecule has 1 aromatic rings. The zero-order valence-electron chi connectivity index (χ0n) is 9.27. The summed E-state index contributed by atoms with van der Waals surface area (Å²) in [7, 11) is 2.60. The second kappa shape index (κ2) is 6.54. The molecule has 0 fully saturated rings. The van der Waals surface area contributed by atoms with Gasteiger partial charge in [-0.3, -0.25) is 0 Å². The highest BCUT2D eigenvalue weighted by Crippen LogP contribution is 2.38. The van der Waals surface area contributed by atoms with Gasteiger partial charge in [0.05, 0.1) is 24.8 Å². The number of methoxy groups -OCH3 is 2. The van der Waals surface area contributed by atoms with Crippen molar-refractivity contribution in [1.29, 1.82) is 0 Å². The molecule has 0 saturated heterocycles. The summed E-state index contributed by atoms with van der Waals surface area (Å²) in [4.78, 5) is 11.3. The molecule has 1 rings (SSSR count). The highest BCUT2D eigenvalue weighted by Gasteiger charge is 2.25. The van der Waals surface area contributed by atoms with Crippen LogP contribution >= 0.6 is 24.0 Å². The number of carbonyl (C=O) groups excluding carboxylic acids is 1. The number of phenols is 1. The molecule has 0 radical (unpaired) electrons. The first-order valence-electron chi connectivity index (χ1n) is 4.41. The molecule has 17 heavy (non-hydrogen) atoms. The predicted octanol–water partition coefficient (Wildman–Crippen LogP) is 1.65. The Bertz CT molecular complexity index is 412. The van der Waals surface area contributed by atoms with Gasteiger partial charge in [-0.05, 0) is 12.1 Å². The van der Waals surface area contributed by atoms with E-state index in [4.69, 9.17) is 22.1 Å². The van der Waals surface area contributed by atoms with Crippen molar-refractivity contribution < 1.29 is 19.4 Å². The molecule has 0 aliphatic carbocycles. The van der Waals surface area contributed by atoms with Crippen molar-refractivity contribution in [3.8, 4) is 11.5 Å². The van der Waals surface area contributed by atoms with E-state index in [-0.39, 0.29) is 34.5 Å². The van der Waals surface area contributed by atoms with Gasteiger partial charge in [-0.15, -0.1) is 12.4 Å². The Hall–Kier alpha value is -1.17. The molecule has 0 heterocycles. The summed E-state index contributed by atoms with van der Waals surface area (Å²) >= 11 is 5.72. The van der Waals surface area contributed by atoms with E-state index in [0.717, 1.165) is 0 Å². The van der Waals surface area contributed by atoms with Gasteiger partial charge in [0.2, 0.25) is 0 Å². The fraction of sp³-hybridized carbons (Fsp3) is 0.300. The fourth-order valence-electron chi connectivity index (χ4n) is 1.29. The van der Waals surface area contributed by atoms with E-state index in [1.807, 2.05) is 0 Å². The first-order valence-corrected chi connectivity index (χ1v) is 4.79. The van der Waals surface area contributed by atoms with Crippen LogP contribution in [0.3, 0.4) is 0 Å². The van der Waals surface area contributed by atoms with Crippen LogP contribution in [0, 0.1) is 0 Å². The molecule has 1 aromatic carbocycles. The summed E-state index contributed by atoms with van der Waals surface area (Å²) in [6.45, 7) is 0. The fourth-order valence-corrected chi connectivity index (χ4v) is 1.45. The minimum atomic E-state index is -1.14. The van der Waals surface area contributed by atoms with Gasteiger partial charge in [-0.2, -0.15) is 0 Å². The van der Waals surface area contributed by atoms with Crippen molar-refractivity contribution in [2.24, 2.45) is 5.73 Å². The monoisotopic (exact) mass is 281 g/mol. The maximum atomic E-state index is 11.3. The van der Waals surface area contributed by atoms with Crippen molar-refractivity contribution in [3.05, 3.63) is 22.7 Å². The first-order chi connectivity index (χ1) is 7.52. The van der Waals surface area contributed by atoms with Crippen LogP contribution in [0.25, 0.3) is 0 Å². The van der Waals surface area contributed by atoms with Gasteiger partial charge in [-0.1, -0.05) is 11.6 Å². The van der Waals surface area contributed by atoms with E-state index in [9.17, 15) is 9.90 Å². The molecule has 1 atom stereocenters. The maximum Gasteiger partial charge on any atom is 0.327 e. The van der Waals surface area contributed by atoms with Crippen molar-refractivity contribution >= 4 is 30.0 Å². The van der Waals surface area contributed by atoms with Gasteiger partial charge in [0.25, 0.3) is 0 Å². The van der Waals surface area contributed by atoms with Gasteiger partial charge in [-0.25, -0.2) is 4.79 Å². The Balaban J connectivity index is 0.00000256. The molecule has 3 N–H and O–H groups in total. The average molecular weight is 282 g/mol. The Morgan fingerprint density at radius 1 is 1.47 bits per heavy atom. The van der Waals surface area contributed by atoms with Gasteiger partial charge in [0, 0.05) is 0 Å². The minimum Gasteiger partial charge on any atom is -0.506 e. The van der Waals surface area contributed by atoms with E-state index >= 15 is 0 Å². The zero-order valence-corrected chi connectivity index (χ0v) is 10.8. The third kappa shape index (κ3) is 3.15. The summed E-state index contributed by atoms with van der Waals surface area (Å²) in [5.41, 5.74) is 5.73. The lowest BCUT2D eigenvalue weighted by Crippen LogP contribution is -2.23. The molecule has 0 bridgehead atoms. The topological polar surface area (TPSA) is 81.8 Å². The molecule has 0 unspecified atom stereocenters. The Morgan fingerprint density at radius 2 is 2.06 bits per heavy atom.